The van der Waals surface area contributed by atoms with Gasteiger partial charge in [-0.1, -0.05) is 11.6 Å². The lowest BCUT2D eigenvalue weighted by Gasteiger charge is -2.26. The van der Waals surface area contributed by atoms with Crippen molar-refractivity contribution in [2.75, 3.05) is 44.7 Å². The summed E-state index contributed by atoms with van der Waals surface area (Å²) in [4.78, 5) is 13.5. The van der Waals surface area contributed by atoms with Crippen LogP contribution >= 0.6 is 11.6 Å². The first-order chi connectivity index (χ1) is 13.3. The number of nitrogens with zero attached hydrogens (tertiary/aromatic N) is 1. The molecular formula is C16H21ClF3N3O5S. The minimum atomic E-state index is -5.20. The van der Waals surface area contributed by atoms with Crippen molar-refractivity contribution in [1.82, 2.24) is 9.62 Å². The van der Waals surface area contributed by atoms with Crippen molar-refractivity contribution in [3.05, 3.63) is 23.2 Å². The van der Waals surface area contributed by atoms with Crippen molar-refractivity contribution in [3.63, 3.8) is 0 Å². The molecule has 1 aliphatic heterocycles. The number of morpholine rings is 1. The van der Waals surface area contributed by atoms with Crippen molar-refractivity contribution in [1.29, 1.82) is 0 Å². The highest BCUT2D eigenvalue weighted by Crippen LogP contribution is 2.32. The predicted octanol–water partition coefficient (Wildman–Crippen LogP) is 1.20. The molecule has 0 saturated carbocycles. The van der Waals surface area contributed by atoms with E-state index in [0.29, 0.717) is 39.8 Å². The second kappa shape index (κ2) is 9.14. The fourth-order valence-corrected chi connectivity index (χ4v) is 3.72. The van der Waals surface area contributed by atoms with E-state index in [1.807, 2.05) is 10.2 Å². The van der Waals surface area contributed by atoms with Gasteiger partial charge in [0.15, 0.2) is 0 Å². The molecule has 1 atom stereocenters. The number of carbonyl (C=O) groups is 1. The lowest BCUT2D eigenvalue weighted by Crippen LogP contribution is -2.52. The number of hydrogen-bond acceptors (Lipinski definition) is 6. The molecule has 164 valence electrons. The predicted molar refractivity (Wildman–Crippen MR) is 99.2 cm³/mol. The number of ether oxygens (including phenoxy) is 1. The monoisotopic (exact) mass is 459 g/mol. The van der Waals surface area contributed by atoms with Gasteiger partial charge in [-0.3, -0.25) is 9.69 Å². The Labute approximate surface area is 171 Å². The number of carbonyl (C=O) groups excluding carboxylic acids is 1. The van der Waals surface area contributed by atoms with Crippen molar-refractivity contribution in [2.45, 2.75) is 23.6 Å². The molecule has 8 nitrogen and oxygen atoms in total. The number of anilines is 1. The number of nitrogens with one attached hydrogen (secondary N) is 2. The molecule has 29 heavy (non-hydrogen) atoms. The normalized spacial score (nSPS) is 18.3. The summed E-state index contributed by atoms with van der Waals surface area (Å²) >= 11 is 5.91. The number of sulfonamides is 1. The Hall–Kier alpha value is -1.44. The molecule has 1 aromatic carbocycles. The third-order valence-corrected chi connectivity index (χ3v) is 6.09. The third kappa shape index (κ3) is 6.03. The van der Waals surface area contributed by atoms with E-state index in [4.69, 9.17) is 16.3 Å². The fraction of sp³-hybridized carbons (Fsp3) is 0.562. The Morgan fingerprint density at radius 1 is 1.31 bits per heavy atom. The van der Waals surface area contributed by atoms with Crippen LogP contribution in [0.5, 0.6) is 0 Å². The Morgan fingerprint density at radius 3 is 2.48 bits per heavy atom. The number of halogens is 4. The molecule has 0 bridgehead atoms. The van der Waals surface area contributed by atoms with Gasteiger partial charge >= 0.3 is 6.18 Å². The van der Waals surface area contributed by atoms with Crippen molar-refractivity contribution in [3.8, 4) is 0 Å². The van der Waals surface area contributed by atoms with Gasteiger partial charge in [0.25, 0.3) is 5.91 Å². The minimum absolute atomic E-state index is 0.146. The van der Waals surface area contributed by atoms with Gasteiger partial charge in [-0.2, -0.15) is 13.2 Å². The number of benzene rings is 1. The topological polar surface area (TPSA) is 108 Å². The maximum atomic E-state index is 12.7. The highest BCUT2D eigenvalue weighted by atomic mass is 35.5. The van der Waals surface area contributed by atoms with E-state index < -0.39 is 27.7 Å². The van der Waals surface area contributed by atoms with Crippen molar-refractivity contribution >= 4 is 33.2 Å². The summed E-state index contributed by atoms with van der Waals surface area (Å²) in [5, 5.41) is 10.9. The molecule has 1 aromatic rings. The molecule has 2 rings (SSSR count). The van der Waals surface area contributed by atoms with E-state index in [0.717, 1.165) is 18.2 Å². The molecule has 0 aromatic heterocycles. The van der Waals surface area contributed by atoms with E-state index in [1.165, 1.54) is 0 Å². The highest BCUT2D eigenvalue weighted by molar-refractivity contribution is 7.89. The Bertz CT molecular complexity index is 843. The second-order valence-electron chi connectivity index (χ2n) is 6.52. The molecule has 0 spiro atoms. The van der Waals surface area contributed by atoms with Crippen LogP contribution < -0.4 is 10.0 Å². The molecule has 13 heteroatoms. The number of alkyl halides is 3. The van der Waals surface area contributed by atoms with Gasteiger partial charge in [-0.15, -0.1) is 0 Å². The van der Waals surface area contributed by atoms with Crippen LogP contribution in [-0.4, -0.2) is 75.5 Å². The Morgan fingerprint density at radius 2 is 1.93 bits per heavy atom. The van der Waals surface area contributed by atoms with Gasteiger partial charge in [-0.25, -0.2) is 13.1 Å². The van der Waals surface area contributed by atoms with Crippen LogP contribution in [0.15, 0.2) is 23.1 Å². The highest BCUT2D eigenvalue weighted by Gasteiger charge is 2.55. The standard InChI is InChI=1S/C16H21ClF3N3O5S/c1-15(25,16(18,19)20)14(24)22-13-3-2-11(10-12(13)17)29(26,27)21-4-5-23-6-8-28-9-7-23/h2-3,10,21,25H,4-9H2,1H3,(H,22,24)/t15-/m1/s1. The van der Waals surface area contributed by atoms with Gasteiger partial charge in [0.1, 0.15) is 0 Å². The van der Waals surface area contributed by atoms with Crippen LogP contribution in [0.25, 0.3) is 0 Å². The first-order valence-electron chi connectivity index (χ1n) is 8.54. The van der Waals surface area contributed by atoms with Gasteiger partial charge in [0.05, 0.1) is 28.8 Å². The van der Waals surface area contributed by atoms with E-state index in [-0.39, 0.29) is 22.2 Å². The van der Waals surface area contributed by atoms with Crippen LogP contribution in [0.2, 0.25) is 5.02 Å². The molecule has 0 unspecified atom stereocenters. The van der Waals surface area contributed by atoms with Crippen LogP contribution in [-0.2, 0) is 19.6 Å². The number of hydrogen-bond donors (Lipinski definition) is 3. The molecule has 0 aliphatic carbocycles. The quantitative estimate of drug-likeness (QED) is 0.565. The summed E-state index contributed by atoms with van der Waals surface area (Å²) in [6.45, 7) is 3.48. The summed E-state index contributed by atoms with van der Waals surface area (Å²) in [6.07, 6.45) is -5.20. The maximum absolute atomic E-state index is 12.7. The lowest BCUT2D eigenvalue weighted by atomic mass is 10.1. The smallest absolute Gasteiger partial charge is 0.379 e. The first kappa shape index (κ1) is 23.8. The summed E-state index contributed by atoms with van der Waals surface area (Å²) in [6, 6.07) is 3.13. The number of rotatable bonds is 7. The minimum Gasteiger partial charge on any atom is -0.379 e. The van der Waals surface area contributed by atoms with Gasteiger partial charge in [0, 0.05) is 26.2 Å². The summed E-state index contributed by atoms with van der Waals surface area (Å²) in [7, 11) is -3.91. The average molecular weight is 460 g/mol. The van der Waals surface area contributed by atoms with Gasteiger partial charge in [0.2, 0.25) is 15.6 Å². The van der Waals surface area contributed by atoms with Gasteiger partial charge in [-0.05, 0) is 25.1 Å². The first-order valence-corrected chi connectivity index (χ1v) is 10.4. The molecule has 3 N–H and O–H groups in total. The zero-order valence-electron chi connectivity index (χ0n) is 15.4. The zero-order chi connectivity index (χ0) is 21.9. The third-order valence-electron chi connectivity index (χ3n) is 4.32. The molecule has 1 aliphatic rings. The zero-order valence-corrected chi connectivity index (χ0v) is 17.0. The van der Waals surface area contributed by atoms with E-state index in [9.17, 15) is 31.5 Å². The average Bonchev–Trinajstić information content (AvgIpc) is 2.63. The van der Waals surface area contributed by atoms with Crippen LogP contribution in [0.4, 0.5) is 18.9 Å². The fourth-order valence-electron chi connectivity index (χ4n) is 2.38. The van der Waals surface area contributed by atoms with E-state index in [1.54, 1.807) is 0 Å². The SMILES string of the molecule is C[C@@](O)(C(=O)Nc1ccc(S(=O)(=O)NCCN2CCOCC2)cc1Cl)C(F)(F)F. The van der Waals surface area contributed by atoms with E-state index >= 15 is 0 Å². The van der Waals surface area contributed by atoms with E-state index in [2.05, 4.69) is 4.72 Å². The second-order valence-corrected chi connectivity index (χ2v) is 8.69. The summed E-state index contributed by atoms with van der Waals surface area (Å²) < 4.78 is 70.5. The van der Waals surface area contributed by atoms with Crippen LogP contribution in [0, 0.1) is 0 Å². The summed E-state index contributed by atoms with van der Waals surface area (Å²) in [5.74, 6) is -1.74. The Balaban J connectivity index is 2.03. The lowest BCUT2D eigenvalue weighted by molar-refractivity contribution is -0.242. The van der Waals surface area contributed by atoms with Gasteiger partial charge < -0.3 is 15.2 Å². The largest absolute Gasteiger partial charge is 0.426 e. The Kier molecular flexibility index (Phi) is 7.52. The van der Waals surface area contributed by atoms with Crippen molar-refractivity contribution in [2.24, 2.45) is 0 Å². The maximum Gasteiger partial charge on any atom is 0.426 e. The van der Waals surface area contributed by atoms with Crippen LogP contribution in [0.3, 0.4) is 0 Å². The molecule has 1 heterocycles. The van der Waals surface area contributed by atoms with Crippen LogP contribution in [0.1, 0.15) is 6.92 Å². The number of aliphatic hydroxyl groups is 1. The molecular weight excluding hydrogens is 439 g/mol. The number of amides is 1. The van der Waals surface area contributed by atoms with Crippen molar-refractivity contribution < 1.29 is 36.2 Å². The molecule has 1 saturated heterocycles. The molecule has 1 amide bonds. The molecule has 0 radical (unpaired) electrons. The summed E-state index contributed by atoms with van der Waals surface area (Å²) in [5.41, 5.74) is -3.91. The molecule has 1 fully saturated rings.